The van der Waals surface area contributed by atoms with Crippen molar-refractivity contribution in [2.24, 2.45) is 0 Å². The minimum Gasteiger partial charge on any atom is -0.505 e. The number of carboxylic acids is 1. The molecule has 2 rings (SSSR count). The number of carbonyl (C=O) groups is 2. The topological polar surface area (TPSA) is 86.6 Å². The lowest BCUT2D eigenvalue weighted by Gasteiger charge is -2.08. The van der Waals surface area contributed by atoms with Gasteiger partial charge in [-0.3, -0.25) is 4.79 Å². The highest BCUT2D eigenvalue weighted by molar-refractivity contribution is 9.12. The smallest absolute Gasteiger partial charge is 0.339 e. The number of amides is 1. The minimum absolute atomic E-state index is 0.0455. The van der Waals surface area contributed by atoms with Gasteiger partial charge in [0.05, 0.1) is 18.8 Å². The average molecular weight is 421 g/mol. The molecule has 0 radical (unpaired) electrons. The molecule has 0 atom stereocenters. The molecular formula is C12H7Br2NO4S. The first kappa shape index (κ1) is 15.0. The van der Waals surface area contributed by atoms with Crippen molar-refractivity contribution in [2.45, 2.75) is 0 Å². The van der Waals surface area contributed by atoms with Gasteiger partial charge >= 0.3 is 5.97 Å². The number of hydrogen-bond acceptors (Lipinski definition) is 4. The summed E-state index contributed by atoms with van der Waals surface area (Å²) in [7, 11) is 0. The molecule has 1 aromatic heterocycles. The average Bonchev–Trinajstić information content (AvgIpc) is 2.70. The highest BCUT2D eigenvalue weighted by atomic mass is 79.9. The quantitative estimate of drug-likeness (QED) is 0.656. The number of thiophene rings is 1. The number of para-hydroxylation sites is 1. The molecule has 3 N–H and O–H groups in total. The Labute approximate surface area is 134 Å². The third kappa shape index (κ3) is 3.02. The Morgan fingerprint density at radius 1 is 1.20 bits per heavy atom. The zero-order chi connectivity index (χ0) is 14.9. The number of nitrogens with one attached hydrogen (secondary N) is 1. The van der Waals surface area contributed by atoms with Crippen molar-refractivity contribution in [3.8, 4) is 5.75 Å². The van der Waals surface area contributed by atoms with Crippen LogP contribution in [0.15, 0.2) is 31.8 Å². The molecule has 0 aliphatic rings. The number of phenols is 1. The molecule has 0 fully saturated rings. The van der Waals surface area contributed by atoms with E-state index in [0.29, 0.717) is 9.35 Å². The fraction of sp³-hybridized carbons (Fsp3) is 0. The molecule has 5 nitrogen and oxygen atoms in total. The molecule has 2 aromatic rings. The van der Waals surface area contributed by atoms with Crippen LogP contribution in [0.1, 0.15) is 20.7 Å². The summed E-state index contributed by atoms with van der Waals surface area (Å²) in [6, 6.07) is 5.75. The van der Waals surface area contributed by atoms with Crippen LogP contribution < -0.4 is 5.32 Å². The third-order valence-corrected chi connectivity index (χ3v) is 4.76. The number of aromatic hydroxyl groups is 1. The van der Waals surface area contributed by atoms with E-state index in [1.807, 2.05) is 0 Å². The van der Waals surface area contributed by atoms with E-state index in [-0.39, 0.29) is 11.3 Å². The van der Waals surface area contributed by atoms with Crippen molar-refractivity contribution in [1.82, 2.24) is 0 Å². The SMILES string of the molecule is O=C(Nc1cccc(C(=O)O)c1O)c1cc(Br)sc1Br. The van der Waals surface area contributed by atoms with Gasteiger partial charge in [0.15, 0.2) is 5.75 Å². The minimum atomic E-state index is -1.27. The third-order valence-electron chi connectivity index (χ3n) is 2.42. The second-order valence-electron chi connectivity index (χ2n) is 3.70. The van der Waals surface area contributed by atoms with E-state index in [4.69, 9.17) is 5.11 Å². The number of carbonyl (C=O) groups excluding carboxylic acids is 1. The Hall–Kier alpha value is -1.38. The van der Waals surface area contributed by atoms with Gasteiger partial charge in [0.2, 0.25) is 0 Å². The predicted octanol–water partition coefficient (Wildman–Crippen LogP) is 3.93. The normalized spacial score (nSPS) is 10.3. The highest BCUT2D eigenvalue weighted by Gasteiger charge is 2.18. The van der Waals surface area contributed by atoms with E-state index in [1.54, 1.807) is 6.07 Å². The predicted molar refractivity (Wildman–Crippen MR) is 82.7 cm³/mol. The van der Waals surface area contributed by atoms with E-state index < -0.39 is 17.6 Å². The van der Waals surface area contributed by atoms with Crippen molar-refractivity contribution in [3.63, 3.8) is 0 Å². The number of rotatable bonds is 3. The van der Waals surface area contributed by atoms with Gasteiger partial charge in [0, 0.05) is 0 Å². The molecule has 20 heavy (non-hydrogen) atoms. The van der Waals surface area contributed by atoms with E-state index in [9.17, 15) is 14.7 Å². The zero-order valence-electron chi connectivity index (χ0n) is 9.68. The lowest BCUT2D eigenvalue weighted by molar-refractivity contribution is 0.0693. The molecule has 0 saturated carbocycles. The molecular weight excluding hydrogens is 414 g/mol. The molecule has 0 aliphatic carbocycles. The van der Waals surface area contributed by atoms with Crippen molar-refractivity contribution in [1.29, 1.82) is 0 Å². The fourth-order valence-corrected chi connectivity index (χ4v) is 4.30. The Balaban J connectivity index is 2.31. The summed E-state index contributed by atoms with van der Waals surface area (Å²) in [6.07, 6.45) is 0. The van der Waals surface area contributed by atoms with Crippen LogP contribution in [0, 0.1) is 0 Å². The Morgan fingerprint density at radius 3 is 2.45 bits per heavy atom. The standard InChI is InChI=1S/C12H7Br2NO4S/c13-8-4-6(10(14)20-8)11(17)15-7-3-1-2-5(9(7)16)12(18)19/h1-4,16H,(H,15,17)(H,18,19). The van der Waals surface area contributed by atoms with Crippen LogP contribution in [0.3, 0.4) is 0 Å². The van der Waals surface area contributed by atoms with Crippen LogP contribution in [0.25, 0.3) is 0 Å². The van der Waals surface area contributed by atoms with Gasteiger partial charge in [0.25, 0.3) is 5.91 Å². The molecule has 104 valence electrons. The van der Waals surface area contributed by atoms with Gasteiger partial charge in [0.1, 0.15) is 5.56 Å². The second-order valence-corrected chi connectivity index (χ2v) is 7.45. The number of benzene rings is 1. The number of hydrogen-bond donors (Lipinski definition) is 3. The zero-order valence-corrected chi connectivity index (χ0v) is 13.7. The van der Waals surface area contributed by atoms with E-state index in [0.717, 1.165) is 3.79 Å². The Kier molecular flexibility index (Phi) is 4.46. The lowest BCUT2D eigenvalue weighted by atomic mass is 10.1. The summed E-state index contributed by atoms with van der Waals surface area (Å²) in [4.78, 5) is 23.0. The number of anilines is 1. The molecule has 8 heteroatoms. The maximum absolute atomic E-state index is 12.1. The maximum atomic E-state index is 12.1. The molecule has 0 spiro atoms. The van der Waals surface area contributed by atoms with Crippen LogP contribution in [0.4, 0.5) is 5.69 Å². The fourth-order valence-electron chi connectivity index (χ4n) is 1.50. The molecule has 1 heterocycles. The molecule has 1 aromatic carbocycles. The van der Waals surface area contributed by atoms with Crippen LogP contribution in [-0.2, 0) is 0 Å². The van der Waals surface area contributed by atoms with Gasteiger partial charge in [-0.1, -0.05) is 6.07 Å². The van der Waals surface area contributed by atoms with Gasteiger partial charge < -0.3 is 15.5 Å². The van der Waals surface area contributed by atoms with Crippen LogP contribution in [0.2, 0.25) is 0 Å². The first-order chi connectivity index (χ1) is 9.40. The van der Waals surface area contributed by atoms with Crippen LogP contribution >= 0.6 is 43.2 Å². The van der Waals surface area contributed by atoms with E-state index >= 15 is 0 Å². The van der Waals surface area contributed by atoms with E-state index in [2.05, 4.69) is 37.2 Å². The number of halogens is 2. The van der Waals surface area contributed by atoms with E-state index in [1.165, 1.54) is 29.5 Å². The summed E-state index contributed by atoms with van der Waals surface area (Å²) in [5, 5.41) is 21.2. The Bertz CT molecular complexity index is 699. The molecule has 0 aliphatic heterocycles. The largest absolute Gasteiger partial charge is 0.505 e. The lowest BCUT2D eigenvalue weighted by Crippen LogP contribution is -2.12. The number of aromatic carboxylic acids is 1. The van der Waals surface area contributed by atoms with Crippen molar-refractivity contribution in [3.05, 3.63) is 43.0 Å². The van der Waals surface area contributed by atoms with Crippen molar-refractivity contribution < 1.29 is 19.8 Å². The van der Waals surface area contributed by atoms with Gasteiger partial charge in [-0.05, 0) is 50.1 Å². The van der Waals surface area contributed by atoms with Crippen molar-refractivity contribution >= 4 is 60.8 Å². The maximum Gasteiger partial charge on any atom is 0.339 e. The van der Waals surface area contributed by atoms with Gasteiger partial charge in [-0.15, -0.1) is 11.3 Å². The summed E-state index contributed by atoms with van der Waals surface area (Å²) in [5.41, 5.74) is 0.166. The summed E-state index contributed by atoms with van der Waals surface area (Å²) in [5.74, 6) is -2.19. The molecule has 0 bridgehead atoms. The van der Waals surface area contributed by atoms with Crippen LogP contribution in [0.5, 0.6) is 5.75 Å². The first-order valence-electron chi connectivity index (χ1n) is 5.21. The number of carboxylic acid groups (broad SMARTS) is 1. The molecule has 0 unspecified atom stereocenters. The highest BCUT2D eigenvalue weighted by Crippen LogP contribution is 2.33. The monoisotopic (exact) mass is 419 g/mol. The Morgan fingerprint density at radius 2 is 1.90 bits per heavy atom. The first-order valence-corrected chi connectivity index (χ1v) is 7.62. The van der Waals surface area contributed by atoms with Crippen LogP contribution in [-0.4, -0.2) is 22.1 Å². The van der Waals surface area contributed by atoms with Gasteiger partial charge in [-0.2, -0.15) is 0 Å². The summed E-state index contributed by atoms with van der Waals surface area (Å²) < 4.78 is 1.41. The van der Waals surface area contributed by atoms with Crippen molar-refractivity contribution in [2.75, 3.05) is 5.32 Å². The summed E-state index contributed by atoms with van der Waals surface area (Å²) >= 11 is 7.86. The second kappa shape index (κ2) is 5.94. The summed E-state index contributed by atoms with van der Waals surface area (Å²) in [6.45, 7) is 0. The molecule has 1 amide bonds. The van der Waals surface area contributed by atoms with Gasteiger partial charge in [-0.25, -0.2) is 4.79 Å². The molecule has 0 saturated heterocycles.